The van der Waals surface area contributed by atoms with Gasteiger partial charge < -0.3 is 0 Å². The van der Waals surface area contributed by atoms with Crippen molar-refractivity contribution in [2.24, 2.45) is 0 Å². The second kappa shape index (κ2) is 6.37. The minimum atomic E-state index is -0.303. The number of thiazole rings is 1. The number of nitrogens with one attached hydrogen (secondary N) is 1. The number of aromatic nitrogens is 1. The Kier molecular flexibility index (Phi) is 4.31. The summed E-state index contributed by atoms with van der Waals surface area (Å²) < 4.78 is 14.8. The van der Waals surface area contributed by atoms with Crippen LogP contribution in [0.5, 0.6) is 0 Å². The molecular formula is C16H10BrFN2OS. The summed E-state index contributed by atoms with van der Waals surface area (Å²) in [5.74, 6) is -0.579. The fraction of sp³-hybridized carbons (Fsp3) is 0. The maximum Gasteiger partial charge on any atom is 0.250 e. The first-order chi connectivity index (χ1) is 10.6. The number of rotatable bonds is 3. The molecule has 0 unspecified atom stereocenters. The van der Waals surface area contributed by atoms with Gasteiger partial charge in [-0.15, -0.1) is 0 Å². The van der Waals surface area contributed by atoms with Gasteiger partial charge in [0, 0.05) is 10.5 Å². The summed E-state index contributed by atoms with van der Waals surface area (Å²) in [4.78, 5) is 16.2. The summed E-state index contributed by atoms with van der Waals surface area (Å²) in [6, 6.07) is 11.7. The van der Waals surface area contributed by atoms with Crippen LogP contribution in [0.4, 0.5) is 9.52 Å². The smallest absolute Gasteiger partial charge is 0.250 e. The highest BCUT2D eigenvalue weighted by Gasteiger charge is 2.06. The van der Waals surface area contributed by atoms with Gasteiger partial charge in [0.15, 0.2) is 5.13 Å². The molecule has 0 saturated heterocycles. The fourth-order valence-corrected chi connectivity index (χ4v) is 3.27. The van der Waals surface area contributed by atoms with Gasteiger partial charge in [-0.05, 0) is 42.0 Å². The van der Waals surface area contributed by atoms with Crippen molar-refractivity contribution in [1.82, 2.24) is 4.98 Å². The number of hydrogen-bond acceptors (Lipinski definition) is 3. The van der Waals surface area contributed by atoms with Gasteiger partial charge in [-0.1, -0.05) is 39.4 Å². The van der Waals surface area contributed by atoms with Crippen LogP contribution in [0.3, 0.4) is 0 Å². The molecule has 3 nitrogen and oxygen atoms in total. The number of carbonyl (C=O) groups is 1. The van der Waals surface area contributed by atoms with Gasteiger partial charge in [0.25, 0.3) is 0 Å². The van der Waals surface area contributed by atoms with E-state index in [2.05, 4.69) is 26.2 Å². The molecule has 0 fully saturated rings. The molecule has 0 saturated carbocycles. The average molecular weight is 377 g/mol. The van der Waals surface area contributed by atoms with Crippen LogP contribution in [0, 0.1) is 5.82 Å². The predicted molar refractivity (Wildman–Crippen MR) is 91.4 cm³/mol. The number of carbonyl (C=O) groups excluding carboxylic acids is 1. The van der Waals surface area contributed by atoms with E-state index >= 15 is 0 Å². The molecular weight excluding hydrogens is 367 g/mol. The zero-order chi connectivity index (χ0) is 15.5. The Morgan fingerprint density at radius 2 is 2.00 bits per heavy atom. The Morgan fingerprint density at radius 3 is 2.77 bits per heavy atom. The zero-order valence-corrected chi connectivity index (χ0v) is 13.6. The van der Waals surface area contributed by atoms with Gasteiger partial charge in [0.05, 0.1) is 10.2 Å². The zero-order valence-electron chi connectivity index (χ0n) is 11.2. The van der Waals surface area contributed by atoms with Gasteiger partial charge in [-0.25, -0.2) is 9.37 Å². The van der Waals surface area contributed by atoms with Crippen molar-refractivity contribution in [3.63, 3.8) is 0 Å². The monoisotopic (exact) mass is 376 g/mol. The lowest BCUT2D eigenvalue weighted by atomic mass is 10.2. The molecule has 0 aliphatic carbocycles. The molecule has 3 rings (SSSR count). The third kappa shape index (κ3) is 3.58. The highest BCUT2D eigenvalue weighted by molar-refractivity contribution is 9.10. The molecule has 0 aliphatic rings. The van der Waals surface area contributed by atoms with Gasteiger partial charge in [-0.2, -0.15) is 0 Å². The quantitative estimate of drug-likeness (QED) is 0.663. The maximum absolute atomic E-state index is 12.8. The molecule has 1 amide bonds. The standard InChI is InChI=1S/C16H10BrFN2OS/c17-11-4-7-13-14(9-11)22-16(19-13)20-15(21)8-3-10-1-5-12(18)6-2-10/h1-9H,(H,19,20,21). The normalized spacial score (nSPS) is 11.2. The van der Waals surface area contributed by atoms with E-state index in [0.29, 0.717) is 5.13 Å². The van der Waals surface area contributed by atoms with Crippen LogP contribution >= 0.6 is 27.3 Å². The number of amides is 1. The van der Waals surface area contributed by atoms with Crippen LogP contribution in [-0.2, 0) is 4.79 Å². The lowest BCUT2D eigenvalue weighted by Gasteiger charge is -1.96. The van der Waals surface area contributed by atoms with E-state index < -0.39 is 0 Å². The summed E-state index contributed by atoms with van der Waals surface area (Å²) in [5.41, 5.74) is 1.59. The van der Waals surface area contributed by atoms with E-state index in [9.17, 15) is 9.18 Å². The van der Waals surface area contributed by atoms with Crippen LogP contribution in [0.15, 0.2) is 53.0 Å². The molecule has 1 aromatic heterocycles. The van der Waals surface area contributed by atoms with Crippen molar-refractivity contribution in [3.05, 3.63) is 64.4 Å². The van der Waals surface area contributed by atoms with Crippen molar-refractivity contribution in [1.29, 1.82) is 0 Å². The summed E-state index contributed by atoms with van der Waals surface area (Å²) >= 11 is 4.81. The third-order valence-corrected chi connectivity index (χ3v) is 4.30. The Bertz CT molecular complexity index is 858. The maximum atomic E-state index is 12.8. The van der Waals surface area contributed by atoms with E-state index in [1.807, 2.05) is 18.2 Å². The average Bonchev–Trinajstić information content (AvgIpc) is 2.88. The minimum absolute atomic E-state index is 0.276. The third-order valence-electron chi connectivity index (χ3n) is 2.88. The largest absolute Gasteiger partial charge is 0.298 e. The SMILES string of the molecule is O=C(C=Cc1ccc(F)cc1)Nc1nc2ccc(Br)cc2s1. The second-order valence-corrected chi connectivity index (χ2v) is 6.45. The number of hydrogen-bond donors (Lipinski definition) is 1. The van der Waals surface area contributed by atoms with Gasteiger partial charge in [0.1, 0.15) is 5.82 Å². The Labute approximate surface area is 138 Å². The number of anilines is 1. The minimum Gasteiger partial charge on any atom is -0.298 e. The number of fused-ring (bicyclic) bond motifs is 1. The highest BCUT2D eigenvalue weighted by Crippen LogP contribution is 2.28. The number of nitrogens with zero attached hydrogens (tertiary/aromatic N) is 1. The van der Waals surface area contributed by atoms with E-state index in [1.54, 1.807) is 18.2 Å². The summed E-state index contributed by atoms with van der Waals surface area (Å²) in [7, 11) is 0. The molecule has 3 aromatic rings. The molecule has 0 radical (unpaired) electrons. The molecule has 110 valence electrons. The van der Waals surface area contributed by atoms with Crippen molar-refractivity contribution in [3.8, 4) is 0 Å². The molecule has 1 N–H and O–H groups in total. The lowest BCUT2D eigenvalue weighted by molar-refractivity contribution is -0.111. The molecule has 0 atom stereocenters. The first-order valence-corrected chi connectivity index (χ1v) is 8.02. The summed E-state index contributed by atoms with van der Waals surface area (Å²) in [6.07, 6.45) is 3.02. The second-order valence-electron chi connectivity index (χ2n) is 4.51. The van der Waals surface area contributed by atoms with Crippen molar-refractivity contribution >= 4 is 54.6 Å². The molecule has 6 heteroatoms. The molecule has 0 spiro atoms. The van der Waals surface area contributed by atoms with E-state index in [1.165, 1.54) is 29.5 Å². The molecule has 1 heterocycles. The van der Waals surface area contributed by atoms with Crippen LogP contribution in [0.1, 0.15) is 5.56 Å². The van der Waals surface area contributed by atoms with Crippen molar-refractivity contribution in [2.45, 2.75) is 0 Å². The molecule has 0 bridgehead atoms. The highest BCUT2D eigenvalue weighted by atomic mass is 79.9. The molecule has 2 aromatic carbocycles. The first kappa shape index (κ1) is 14.9. The molecule has 0 aliphatic heterocycles. The summed E-state index contributed by atoms with van der Waals surface area (Å²) in [6.45, 7) is 0. The predicted octanol–water partition coefficient (Wildman–Crippen LogP) is 4.85. The summed E-state index contributed by atoms with van der Waals surface area (Å²) in [5, 5.41) is 3.27. The van der Waals surface area contributed by atoms with Gasteiger partial charge >= 0.3 is 0 Å². The number of benzene rings is 2. The van der Waals surface area contributed by atoms with E-state index in [-0.39, 0.29) is 11.7 Å². The fourth-order valence-electron chi connectivity index (χ4n) is 1.84. The first-order valence-electron chi connectivity index (χ1n) is 6.41. The van der Waals surface area contributed by atoms with Gasteiger partial charge in [-0.3, -0.25) is 10.1 Å². The Morgan fingerprint density at radius 1 is 1.23 bits per heavy atom. The van der Waals surface area contributed by atoms with Crippen LogP contribution in [-0.4, -0.2) is 10.9 Å². The van der Waals surface area contributed by atoms with Crippen LogP contribution in [0.25, 0.3) is 16.3 Å². The Hall–Kier alpha value is -2.05. The van der Waals surface area contributed by atoms with Gasteiger partial charge in [0.2, 0.25) is 5.91 Å². The van der Waals surface area contributed by atoms with E-state index in [0.717, 1.165) is 20.3 Å². The molecule has 22 heavy (non-hydrogen) atoms. The lowest BCUT2D eigenvalue weighted by Crippen LogP contribution is -2.07. The topological polar surface area (TPSA) is 42.0 Å². The Balaban J connectivity index is 1.71. The van der Waals surface area contributed by atoms with Crippen molar-refractivity contribution < 1.29 is 9.18 Å². The van der Waals surface area contributed by atoms with E-state index in [4.69, 9.17) is 0 Å². The van der Waals surface area contributed by atoms with Crippen LogP contribution < -0.4 is 5.32 Å². The number of halogens is 2. The van der Waals surface area contributed by atoms with Crippen LogP contribution in [0.2, 0.25) is 0 Å². The van der Waals surface area contributed by atoms with Crippen molar-refractivity contribution in [2.75, 3.05) is 5.32 Å².